The van der Waals surface area contributed by atoms with Gasteiger partial charge in [-0.25, -0.2) is 0 Å². The summed E-state index contributed by atoms with van der Waals surface area (Å²) in [6, 6.07) is 12.1. The highest BCUT2D eigenvalue weighted by molar-refractivity contribution is 6.02. The zero-order valence-corrected chi connectivity index (χ0v) is 7.51. The van der Waals surface area contributed by atoms with Crippen molar-refractivity contribution in [2.24, 2.45) is 0 Å². The van der Waals surface area contributed by atoms with E-state index in [4.69, 9.17) is 0 Å². The first-order valence-electron chi connectivity index (χ1n) is 4.53. The van der Waals surface area contributed by atoms with Gasteiger partial charge < -0.3 is 0 Å². The average molecular weight is 228 g/mol. The molecule has 0 atom stereocenters. The molecule has 0 aliphatic heterocycles. The van der Waals surface area contributed by atoms with Crippen molar-refractivity contribution in [3.63, 3.8) is 0 Å². The number of pyridine rings is 2. The minimum absolute atomic E-state index is 0. The van der Waals surface area contributed by atoms with Crippen molar-refractivity contribution in [2.75, 3.05) is 0 Å². The highest BCUT2D eigenvalue weighted by Gasteiger charge is 2.00. The Labute approximate surface area is 103 Å². The van der Waals surface area contributed by atoms with Crippen LogP contribution in [0.15, 0.2) is 48.8 Å². The molecule has 0 fully saturated rings. The molecular formula is C15H20N2. The molecule has 0 unspecified atom stereocenters. The van der Waals surface area contributed by atoms with Crippen LogP contribution in [0, 0.1) is 0 Å². The maximum absolute atomic E-state index is 4.35. The van der Waals surface area contributed by atoms with Crippen LogP contribution < -0.4 is 0 Å². The van der Waals surface area contributed by atoms with Gasteiger partial charge in [-0.15, -0.1) is 0 Å². The first-order valence-corrected chi connectivity index (χ1v) is 4.53. The molecule has 0 saturated heterocycles. The number of benzene rings is 1. The summed E-state index contributed by atoms with van der Waals surface area (Å²) in [5.41, 5.74) is 1.95. The molecule has 2 heteroatoms. The largest absolute Gasteiger partial charge is 0.254 e. The summed E-state index contributed by atoms with van der Waals surface area (Å²) in [5, 5.41) is 2.28. The van der Waals surface area contributed by atoms with Gasteiger partial charge in [0.15, 0.2) is 0 Å². The van der Waals surface area contributed by atoms with E-state index in [2.05, 4.69) is 34.2 Å². The van der Waals surface area contributed by atoms with Crippen LogP contribution in [0.4, 0.5) is 0 Å². The quantitative estimate of drug-likeness (QED) is 0.521. The van der Waals surface area contributed by atoms with E-state index in [1.54, 1.807) is 12.4 Å². The van der Waals surface area contributed by atoms with Crippen LogP contribution >= 0.6 is 0 Å². The van der Waals surface area contributed by atoms with E-state index in [1.807, 2.05) is 12.1 Å². The van der Waals surface area contributed by atoms with E-state index in [0.29, 0.717) is 0 Å². The Morgan fingerprint density at radius 1 is 0.588 bits per heavy atom. The van der Waals surface area contributed by atoms with Gasteiger partial charge in [0.05, 0.1) is 11.0 Å². The normalized spacial score (nSPS) is 8.94. The molecular weight excluding hydrogens is 208 g/mol. The molecule has 0 radical (unpaired) electrons. The highest BCUT2D eigenvalue weighted by Crippen LogP contribution is 2.20. The van der Waals surface area contributed by atoms with Gasteiger partial charge in [-0.05, 0) is 12.1 Å². The third kappa shape index (κ3) is 2.41. The Kier molecular flexibility index (Phi) is 5.26. The van der Waals surface area contributed by atoms with Crippen molar-refractivity contribution in [1.29, 1.82) is 0 Å². The number of fused-ring (bicyclic) bond motifs is 3. The number of hydrogen-bond acceptors (Lipinski definition) is 2. The van der Waals surface area contributed by atoms with Crippen LogP contribution in [0.25, 0.3) is 21.8 Å². The maximum atomic E-state index is 4.35. The summed E-state index contributed by atoms with van der Waals surface area (Å²) in [7, 11) is 0. The van der Waals surface area contributed by atoms with Gasteiger partial charge in [-0.1, -0.05) is 46.5 Å². The van der Waals surface area contributed by atoms with Crippen LogP contribution in [0.1, 0.15) is 22.3 Å². The highest BCUT2D eigenvalue weighted by atomic mass is 14.7. The lowest BCUT2D eigenvalue weighted by Gasteiger charge is -2.00. The van der Waals surface area contributed by atoms with Crippen molar-refractivity contribution in [3.05, 3.63) is 48.8 Å². The van der Waals surface area contributed by atoms with Crippen molar-refractivity contribution in [3.8, 4) is 0 Å². The van der Waals surface area contributed by atoms with E-state index in [-0.39, 0.29) is 22.3 Å². The van der Waals surface area contributed by atoms with Gasteiger partial charge in [-0.3, -0.25) is 9.97 Å². The fourth-order valence-electron chi connectivity index (χ4n) is 1.68. The van der Waals surface area contributed by atoms with E-state index >= 15 is 0 Å². The molecule has 0 bridgehead atoms. The lowest BCUT2D eigenvalue weighted by Crippen LogP contribution is -1.83. The van der Waals surface area contributed by atoms with Crippen LogP contribution in [-0.4, -0.2) is 9.97 Å². The Balaban J connectivity index is 0.000000853. The lowest BCUT2D eigenvalue weighted by atomic mass is 10.1. The van der Waals surface area contributed by atoms with Gasteiger partial charge >= 0.3 is 0 Å². The summed E-state index contributed by atoms with van der Waals surface area (Å²) in [6.07, 6.45) is 3.60. The second-order valence-corrected chi connectivity index (χ2v) is 3.22. The molecule has 3 aromatic rings. The van der Waals surface area contributed by atoms with Gasteiger partial charge in [0.2, 0.25) is 0 Å². The van der Waals surface area contributed by atoms with Crippen molar-refractivity contribution in [1.82, 2.24) is 9.97 Å². The molecule has 0 amide bonds. The minimum atomic E-state index is 0. The standard InChI is InChI=1S/C12H8N2.3CH4/c1-3-9-5-6-10-4-2-8-14-12(10)11(9)13-7-1;;;/h1-8H;3*1H4. The zero-order chi connectivity index (χ0) is 9.38. The van der Waals surface area contributed by atoms with Gasteiger partial charge in [-0.2, -0.15) is 0 Å². The molecule has 17 heavy (non-hydrogen) atoms. The number of nitrogens with zero attached hydrogens (tertiary/aromatic N) is 2. The Hall–Kier alpha value is -1.96. The third-order valence-corrected chi connectivity index (χ3v) is 2.34. The summed E-state index contributed by atoms with van der Waals surface area (Å²) < 4.78 is 0. The molecule has 0 aliphatic rings. The molecule has 0 saturated carbocycles. The maximum Gasteiger partial charge on any atom is 0.0964 e. The second kappa shape index (κ2) is 5.94. The van der Waals surface area contributed by atoms with Gasteiger partial charge in [0.1, 0.15) is 0 Å². The summed E-state index contributed by atoms with van der Waals surface area (Å²) in [6.45, 7) is 0. The molecule has 90 valence electrons. The monoisotopic (exact) mass is 228 g/mol. The zero-order valence-electron chi connectivity index (χ0n) is 7.51. The van der Waals surface area contributed by atoms with E-state index in [0.717, 1.165) is 21.8 Å². The van der Waals surface area contributed by atoms with Crippen LogP contribution in [0.3, 0.4) is 0 Å². The molecule has 2 aromatic heterocycles. The smallest absolute Gasteiger partial charge is 0.0964 e. The molecule has 1 aromatic carbocycles. The minimum Gasteiger partial charge on any atom is -0.254 e. The van der Waals surface area contributed by atoms with Crippen molar-refractivity contribution >= 4 is 21.8 Å². The summed E-state index contributed by atoms with van der Waals surface area (Å²) in [5.74, 6) is 0. The van der Waals surface area contributed by atoms with E-state index < -0.39 is 0 Å². The number of rotatable bonds is 0. The van der Waals surface area contributed by atoms with Crippen molar-refractivity contribution in [2.45, 2.75) is 22.3 Å². The predicted molar refractivity (Wildman–Crippen MR) is 77.2 cm³/mol. The first kappa shape index (κ1) is 15.0. The van der Waals surface area contributed by atoms with Crippen LogP contribution in [0.2, 0.25) is 0 Å². The molecule has 0 spiro atoms. The topological polar surface area (TPSA) is 25.8 Å². The molecule has 0 aliphatic carbocycles. The molecule has 0 N–H and O–H groups in total. The third-order valence-electron chi connectivity index (χ3n) is 2.34. The Morgan fingerprint density at radius 3 is 1.41 bits per heavy atom. The van der Waals surface area contributed by atoms with E-state index in [1.165, 1.54) is 0 Å². The van der Waals surface area contributed by atoms with Crippen LogP contribution in [0.5, 0.6) is 0 Å². The molecule has 2 nitrogen and oxygen atoms in total. The number of aromatic nitrogens is 2. The van der Waals surface area contributed by atoms with Gasteiger partial charge in [0.25, 0.3) is 0 Å². The van der Waals surface area contributed by atoms with Gasteiger partial charge in [0, 0.05) is 23.2 Å². The Bertz CT molecular complexity index is 548. The fourth-order valence-corrected chi connectivity index (χ4v) is 1.68. The fraction of sp³-hybridized carbons (Fsp3) is 0.200. The lowest BCUT2D eigenvalue weighted by molar-refractivity contribution is 1.37. The number of hydrogen-bond donors (Lipinski definition) is 0. The average Bonchev–Trinajstić information content (AvgIpc) is 2.29. The SMILES string of the molecule is C.C.C.c1cnc2c(c1)ccc1cccnc12. The summed E-state index contributed by atoms with van der Waals surface area (Å²) in [4.78, 5) is 8.69. The molecule has 3 rings (SSSR count). The molecule has 2 heterocycles. The first-order chi connectivity index (χ1) is 6.95. The van der Waals surface area contributed by atoms with Crippen molar-refractivity contribution < 1.29 is 0 Å². The second-order valence-electron chi connectivity index (χ2n) is 3.22. The van der Waals surface area contributed by atoms with Crippen LogP contribution in [-0.2, 0) is 0 Å². The predicted octanol–water partition coefficient (Wildman–Crippen LogP) is 4.69. The Morgan fingerprint density at radius 2 is 1.00 bits per heavy atom. The van der Waals surface area contributed by atoms with E-state index in [9.17, 15) is 0 Å². The summed E-state index contributed by atoms with van der Waals surface area (Å²) >= 11 is 0.